The van der Waals surface area contributed by atoms with Gasteiger partial charge in [-0.1, -0.05) is 13.3 Å². The molecule has 0 radical (unpaired) electrons. The zero-order valence-corrected chi connectivity index (χ0v) is 15.9. The first-order valence-corrected chi connectivity index (χ1v) is 8.89. The SMILES string of the molecule is CCCCn1c(=O)[nH]c(=O)c2c1nc(COc1ccc([N+](=O)[O-])c(C)c1)n2C. The number of fused-ring (bicyclic) bond motifs is 1. The van der Waals surface area contributed by atoms with Gasteiger partial charge < -0.3 is 9.30 Å². The molecular weight excluding hydrogens is 366 g/mol. The summed E-state index contributed by atoms with van der Waals surface area (Å²) in [7, 11) is 1.68. The molecule has 3 rings (SSSR count). The van der Waals surface area contributed by atoms with Gasteiger partial charge in [0.1, 0.15) is 18.2 Å². The predicted molar refractivity (Wildman–Crippen MR) is 103 cm³/mol. The van der Waals surface area contributed by atoms with Crippen LogP contribution in [0.2, 0.25) is 0 Å². The third kappa shape index (κ3) is 3.53. The Morgan fingerprint density at radius 2 is 2.07 bits per heavy atom. The molecule has 3 aromatic rings. The molecule has 0 fully saturated rings. The lowest BCUT2D eigenvalue weighted by molar-refractivity contribution is -0.385. The second kappa shape index (κ2) is 7.67. The van der Waals surface area contributed by atoms with E-state index in [1.165, 1.54) is 16.7 Å². The minimum absolute atomic E-state index is 0.0153. The summed E-state index contributed by atoms with van der Waals surface area (Å²) in [6.07, 6.45) is 1.68. The summed E-state index contributed by atoms with van der Waals surface area (Å²) in [6.45, 7) is 4.15. The number of nitro benzene ring substituents is 1. The van der Waals surface area contributed by atoms with Gasteiger partial charge in [0.15, 0.2) is 11.2 Å². The van der Waals surface area contributed by atoms with Crippen LogP contribution in [0.5, 0.6) is 5.75 Å². The first kappa shape index (κ1) is 19.3. The summed E-state index contributed by atoms with van der Waals surface area (Å²) in [4.78, 5) is 41.6. The van der Waals surface area contributed by atoms with E-state index < -0.39 is 16.2 Å². The average molecular weight is 387 g/mol. The van der Waals surface area contributed by atoms with Gasteiger partial charge in [-0.2, -0.15) is 0 Å². The summed E-state index contributed by atoms with van der Waals surface area (Å²) in [5.74, 6) is 0.916. The molecule has 0 bridgehead atoms. The van der Waals surface area contributed by atoms with E-state index in [0.29, 0.717) is 34.8 Å². The number of aryl methyl sites for hydroxylation is 3. The Kier molecular flexibility index (Phi) is 5.30. The third-order valence-electron chi connectivity index (χ3n) is 4.57. The van der Waals surface area contributed by atoms with Crippen molar-refractivity contribution >= 4 is 16.9 Å². The Balaban J connectivity index is 1.94. The summed E-state index contributed by atoms with van der Waals surface area (Å²) >= 11 is 0. The van der Waals surface area contributed by atoms with Crippen LogP contribution in [0.3, 0.4) is 0 Å². The number of aromatic amines is 1. The molecule has 0 atom stereocenters. The Bertz CT molecular complexity index is 1160. The molecule has 0 aliphatic carbocycles. The van der Waals surface area contributed by atoms with E-state index in [0.717, 1.165) is 12.8 Å². The van der Waals surface area contributed by atoms with E-state index in [1.54, 1.807) is 24.6 Å². The molecule has 0 saturated heterocycles. The number of unbranched alkanes of at least 4 members (excludes halogenated alkanes) is 1. The smallest absolute Gasteiger partial charge is 0.330 e. The van der Waals surface area contributed by atoms with Gasteiger partial charge in [0.05, 0.1) is 4.92 Å². The van der Waals surface area contributed by atoms with E-state index in [1.807, 2.05) is 6.92 Å². The van der Waals surface area contributed by atoms with Crippen LogP contribution in [0.4, 0.5) is 5.69 Å². The zero-order chi connectivity index (χ0) is 20.4. The lowest BCUT2D eigenvalue weighted by Gasteiger charge is -2.07. The topological polar surface area (TPSA) is 125 Å². The number of imidazole rings is 1. The molecule has 0 aliphatic heterocycles. The van der Waals surface area contributed by atoms with Crippen LogP contribution in [-0.2, 0) is 20.2 Å². The molecule has 10 heteroatoms. The van der Waals surface area contributed by atoms with Crippen LogP contribution in [0.25, 0.3) is 11.2 Å². The van der Waals surface area contributed by atoms with Crippen LogP contribution >= 0.6 is 0 Å². The molecule has 2 heterocycles. The normalized spacial score (nSPS) is 11.1. The molecule has 1 N–H and O–H groups in total. The molecule has 2 aromatic heterocycles. The van der Waals surface area contributed by atoms with Gasteiger partial charge in [-0.05, 0) is 25.5 Å². The van der Waals surface area contributed by atoms with Crippen LogP contribution in [0.15, 0.2) is 27.8 Å². The number of rotatable bonds is 7. The van der Waals surface area contributed by atoms with Crippen molar-refractivity contribution in [1.29, 1.82) is 0 Å². The molecule has 10 nitrogen and oxygen atoms in total. The minimum Gasteiger partial charge on any atom is -0.486 e. The summed E-state index contributed by atoms with van der Waals surface area (Å²) in [5, 5.41) is 10.9. The number of benzene rings is 1. The van der Waals surface area contributed by atoms with E-state index >= 15 is 0 Å². The largest absolute Gasteiger partial charge is 0.486 e. The molecule has 0 unspecified atom stereocenters. The maximum absolute atomic E-state index is 12.2. The lowest BCUT2D eigenvalue weighted by Crippen LogP contribution is -2.31. The highest BCUT2D eigenvalue weighted by Crippen LogP contribution is 2.23. The van der Waals surface area contributed by atoms with Crippen molar-refractivity contribution < 1.29 is 9.66 Å². The molecule has 148 valence electrons. The van der Waals surface area contributed by atoms with Crippen molar-refractivity contribution in [2.45, 2.75) is 39.8 Å². The molecule has 28 heavy (non-hydrogen) atoms. The zero-order valence-electron chi connectivity index (χ0n) is 15.9. The summed E-state index contributed by atoms with van der Waals surface area (Å²) < 4.78 is 8.75. The van der Waals surface area contributed by atoms with Gasteiger partial charge in [0.2, 0.25) is 0 Å². The lowest BCUT2D eigenvalue weighted by atomic mass is 10.2. The number of aromatic nitrogens is 4. The van der Waals surface area contributed by atoms with E-state index in [-0.39, 0.29) is 12.3 Å². The Labute approximate surface area is 159 Å². The fraction of sp³-hybridized carbons (Fsp3) is 0.389. The number of nitro groups is 1. The maximum atomic E-state index is 12.2. The summed E-state index contributed by atoms with van der Waals surface area (Å²) in [6, 6.07) is 4.47. The Morgan fingerprint density at radius 3 is 2.71 bits per heavy atom. The molecule has 1 aromatic carbocycles. The van der Waals surface area contributed by atoms with Gasteiger partial charge in [0, 0.05) is 25.2 Å². The molecular formula is C18H21N5O5. The van der Waals surface area contributed by atoms with Crippen LogP contribution in [-0.4, -0.2) is 24.0 Å². The van der Waals surface area contributed by atoms with Crippen molar-refractivity contribution in [1.82, 2.24) is 19.1 Å². The van der Waals surface area contributed by atoms with E-state index in [4.69, 9.17) is 4.74 Å². The average Bonchev–Trinajstić information content (AvgIpc) is 2.96. The van der Waals surface area contributed by atoms with Crippen LogP contribution < -0.4 is 16.0 Å². The molecule has 0 aliphatic rings. The number of hydrogen-bond donors (Lipinski definition) is 1. The van der Waals surface area contributed by atoms with Gasteiger partial charge in [0.25, 0.3) is 11.2 Å². The highest BCUT2D eigenvalue weighted by Gasteiger charge is 2.17. The minimum atomic E-state index is -0.500. The third-order valence-corrected chi connectivity index (χ3v) is 4.57. The number of nitrogens with zero attached hydrogens (tertiary/aromatic N) is 4. The fourth-order valence-corrected chi connectivity index (χ4v) is 3.01. The highest BCUT2D eigenvalue weighted by molar-refractivity contribution is 5.70. The number of ether oxygens (including phenoxy) is 1. The number of H-pyrrole nitrogens is 1. The van der Waals surface area contributed by atoms with Crippen LogP contribution in [0.1, 0.15) is 31.2 Å². The second-order valence-electron chi connectivity index (χ2n) is 6.52. The predicted octanol–water partition coefficient (Wildman–Crippen LogP) is 2.02. The van der Waals surface area contributed by atoms with Crippen molar-refractivity contribution in [2.24, 2.45) is 7.05 Å². The van der Waals surface area contributed by atoms with Crippen molar-refractivity contribution in [3.8, 4) is 5.75 Å². The van der Waals surface area contributed by atoms with Gasteiger partial charge in [-0.3, -0.25) is 24.5 Å². The van der Waals surface area contributed by atoms with E-state index in [2.05, 4.69) is 9.97 Å². The first-order chi connectivity index (χ1) is 13.3. The van der Waals surface area contributed by atoms with E-state index in [9.17, 15) is 19.7 Å². The molecule has 0 spiro atoms. The summed E-state index contributed by atoms with van der Waals surface area (Å²) in [5.41, 5.74) is 0.138. The van der Waals surface area contributed by atoms with Crippen molar-refractivity contribution in [3.05, 3.63) is 60.5 Å². The van der Waals surface area contributed by atoms with Crippen molar-refractivity contribution in [2.75, 3.05) is 0 Å². The number of hydrogen-bond acceptors (Lipinski definition) is 6. The van der Waals surface area contributed by atoms with Crippen molar-refractivity contribution in [3.63, 3.8) is 0 Å². The quantitative estimate of drug-likeness (QED) is 0.488. The standard InChI is InChI=1S/C18H21N5O5/c1-4-5-8-22-16-15(17(24)20-18(22)25)21(3)14(19-16)10-28-12-6-7-13(23(26)27)11(2)9-12/h6-7,9H,4-5,8,10H2,1-3H3,(H,20,24,25). The maximum Gasteiger partial charge on any atom is 0.330 e. The van der Waals surface area contributed by atoms with Gasteiger partial charge in [-0.25, -0.2) is 9.78 Å². The number of nitrogens with one attached hydrogen (secondary N) is 1. The molecule has 0 amide bonds. The first-order valence-electron chi connectivity index (χ1n) is 8.89. The van der Waals surface area contributed by atoms with Gasteiger partial charge in [-0.15, -0.1) is 0 Å². The molecule has 0 saturated carbocycles. The van der Waals surface area contributed by atoms with Gasteiger partial charge >= 0.3 is 5.69 Å². The monoisotopic (exact) mass is 387 g/mol. The Morgan fingerprint density at radius 1 is 1.32 bits per heavy atom. The highest BCUT2D eigenvalue weighted by atomic mass is 16.6. The Hall–Kier alpha value is -3.43. The fourth-order valence-electron chi connectivity index (χ4n) is 3.01. The van der Waals surface area contributed by atoms with Crippen LogP contribution in [0, 0.1) is 17.0 Å². The second-order valence-corrected chi connectivity index (χ2v) is 6.52.